The van der Waals surface area contributed by atoms with E-state index in [2.05, 4.69) is 19.9 Å². The van der Waals surface area contributed by atoms with Gasteiger partial charge in [-0.2, -0.15) is 0 Å². The van der Waals surface area contributed by atoms with Gasteiger partial charge in [0.15, 0.2) is 0 Å². The molecule has 0 radical (unpaired) electrons. The molecule has 1 amide bonds. The summed E-state index contributed by atoms with van der Waals surface area (Å²) in [6.45, 7) is 4.19. The van der Waals surface area contributed by atoms with E-state index in [4.69, 9.17) is 9.72 Å². The van der Waals surface area contributed by atoms with Crippen LogP contribution in [0.4, 0.5) is 5.82 Å². The van der Waals surface area contributed by atoms with Crippen molar-refractivity contribution < 1.29 is 19.4 Å². The van der Waals surface area contributed by atoms with Crippen LogP contribution in [0.3, 0.4) is 0 Å². The zero-order valence-corrected chi connectivity index (χ0v) is 19.8. The SMILES string of the molecule is CN(C)c1cc(C(=O)N2CCN(C[C@@H](c3nc4ccc(C(=O)O)cc4[nH]3)[C@H]3CCO3)CC2)ncn1. The van der Waals surface area contributed by atoms with E-state index < -0.39 is 5.97 Å². The number of carboxylic acids is 1. The number of hydrogen-bond acceptors (Lipinski definition) is 8. The van der Waals surface area contributed by atoms with Gasteiger partial charge in [-0.15, -0.1) is 0 Å². The molecular formula is C24H29N7O4. The van der Waals surface area contributed by atoms with Crippen molar-refractivity contribution in [3.8, 4) is 0 Å². The van der Waals surface area contributed by atoms with E-state index in [1.165, 1.54) is 6.33 Å². The summed E-state index contributed by atoms with van der Waals surface area (Å²) in [7, 11) is 3.76. The van der Waals surface area contributed by atoms with E-state index in [1.807, 2.05) is 23.9 Å². The minimum atomic E-state index is -0.964. The lowest BCUT2D eigenvalue weighted by atomic mass is 9.94. The number of anilines is 1. The molecule has 2 saturated heterocycles. The molecule has 0 aliphatic carbocycles. The topological polar surface area (TPSA) is 128 Å². The predicted octanol–water partition coefficient (Wildman–Crippen LogP) is 1.45. The summed E-state index contributed by atoms with van der Waals surface area (Å²) in [4.78, 5) is 46.8. The minimum Gasteiger partial charge on any atom is -0.478 e. The molecule has 4 heterocycles. The van der Waals surface area contributed by atoms with Gasteiger partial charge in [-0.25, -0.2) is 19.7 Å². The Morgan fingerprint density at radius 2 is 1.97 bits per heavy atom. The highest BCUT2D eigenvalue weighted by Gasteiger charge is 2.34. The lowest BCUT2D eigenvalue weighted by Crippen LogP contribution is -2.51. The number of H-pyrrole nitrogens is 1. The number of piperazine rings is 1. The largest absolute Gasteiger partial charge is 0.478 e. The summed E-state index contributed by atoms with van der Waals surface area (Å²) in [5, 5.41) is 9.28. The number of rotatable bonds is 7. The number of nitrogens with one attached hydrogen (secondary N) is 1. The number of aromatic nitrogens is 4. The van der Waals surface area contributed by atoms with Crippen molar-refractivity contribution >= 4 is 28.7 Å². The number of hydrogen-bond donors (Lipinski definition) is 2. The quantitative estimate of drug-likeness (QED) is 0.517. The molecule has 2 atom stereocenters. The molecule has 0 bridgehead atoms. The normalized spacial score (nSPS) is 19.4. The van der Waals surface area contributed by atoms with Crippen molar-refractivity contribution in [1.29, 1.82) is 0 Å². The standard InChI is InChI=1S/C24H29N7O4/c1-29(2)21-12-19(25-14-26-21)23(32)31-8-6-30(7-9-31)13-16(20-5-10-35-20)22-27-17-4-3-15(24(33)34)11-18(17)28-22/h3-4,11-12,14,16,20H,5-10,13H2,1-2H3,(H,27,28)(H,33,34)/t16-,20-/m1/s1. The number of fused-ring (bicyclic) bond motifs is 1. The van der Waals surface area contributed by atoms with E-state index in [9.17, 15) is 14.7 Å². The van der Waals surface area contributed by atoms with Crippen LogP contribution in [0.25, 0.3) is 11.0 Å². The van der Waals surface area contributed by atoms with E-state index in [1.54, 1.807) is 24.3 Å². The van der Waals surface area contributed by atoms with Gasteiger partial charge in [0.2, 0.25) is 0 Å². The molecule has 0 unspecified atom stereocenters. The Hall–Kier alpha value is -3.57. The Morgan fingerprint density at radius 1 is 1.20 bits per heavy atom. The van der Waals surface area contributed by atoms with Crippen LogP contribution in [0.2, 0.25) is 0 Å². The van der Waals surface area contributed by atoms with Crippen molar-refractivity contribution in [2.45, 2.75) is 18.4 Å². The fourth-order valence-electron chi connectivity index (χ4n) is 4.57. The summed E-state index contributed by atoms with van der Waals surface area (Å²) >= 11 is 0. The van der Waals surface area contributed by atoms with E-state index in [-0.39, 0.29) is 23.5 Å². The van der Waals surface area contributed by atoms with Gasteiger partial charge < -0.3 is 24.6 Å². The van der Waals surface area contributed by atoms with Gasteiger partial charge in [-0.05, 0) is 24.6 Å². The van der Waals surface area contributed by atoms with Crippen molar-refractivity contribution in [2.24, 2.45) is 0 Å². The van der Waals surface area contributed by atoms with Gasteiger partial charge in [0.05, 0.1) is 28.6 Å². The Labute approximate surface area is 202 Å². The molecule has 1 aromatic carbocycles. The number of aromatic carboxylic acids is 1. The third-order valence-corrected chi connectivity index (χ3v) is 6.73. The van der Waals surface area contributed by atoms with E-state index in [0.717, 1.165) is 44.0 Å². The second kappa shape index (κ2) is 9.59. The zero-order chi connectivity index (χ0) is 24.5. The molecule has 5 rings (SSSR count). The van der Waals surface area contributed by atoms with Crippen molar-refractivity contribution in [2.75, 3.05) is 58.3 Å². The number of benzene rings is 1. The number of amides is 1. The Bertz CT molecular complexity index is 1230. The van der Waals surface area contributed by atoms with Gasteiger partial charge in [-0.1, -0.05) is 0 Å². The van der Waals surface area contributed by atoms with Gasteiger partial charge in [0.25, 0.3) is 5.91 Å². The highest BCUT2D eigenvalue weighted by atomic mass is 16.5. The number of ether oxygens (including phenoxy) is 1. The highest BCUT2D eigenvalue weighted by molar-refractivity contribution is 5.93. The molecule has 2 aliphatic heterocycles. The third-order valence-electron chi connectivity index (χ3n) is 6.73. The molecule has 3 aromatic rings. The number of imidazole rings is 1. The molecule has 11 heteroatoms. The van der Waals surface area contributed by atoms with Crippen LogP contribution >= 0.6 is 0 Å². The highest BCUT2D eigenvalue weighted by Crippen LogP contribution is 2.31. The Balaban J connectivity index is 1.26. The second-order valence-electron chi connectivity index (χ2n) is 9.21. The lowest BCUT2D eigenvalue weighted by Gasteiger charge is -2.39. The molecule has 0 spiro atoms. The predicted molar refractivity (Wildman–Crippen MR) is 129 cm³/mol. The Morgan fingerprint density at radius 3 is 2.63 bits per heavy atom. The maximum Gasteiger partial charge on any atom is 0.335 e. The molecule has 2 fully saturated rings. The van der Waals surface area contributed by atoms with Crippen LogP contribution in [0.5, 0.6) is 0 Å². The lowest BCUT2D eigenvalue weighted by molar-refractivity contribution is -0.0736. The number of carboxylic acid groups (broad SMARTS) is 1. The van der Waals surface area contributed by atoms with Crippen molar-refractivity contribution in [1.82, 2.24) is 29.7 Å². The number of aromatic amines is 1. The number of carbonyl (C=O) groups is 2. The molecule has 2 aromatic heterocycles. The van der Waals surface area contributed by atoms with Gasteiger partial charge >= 0.3 is 5.97 Å². The molecule has 35 heavy (non-hydrogen) atoms. The summed E-state index contributed by atoms with van der Waals surface area (Å²) < 4.78 is 5.83. The van der Waals surface area contributed by atoms with Crippen LogP contribution in [0.15, 0.2) is 30.6 Å². The zero-order valence-electron chi connectivity index (χ0n) is 19.8. The van der Waals surface area contributed by atoms with Crippen LogP contribution in [-0.4, -0.2) is 106 Å². The summed E-state index contributed by atoms with van der Waals surface area (Å²) in [5.41, 5.74) is 2.08. The van der Waals surface area contributed by atoms with Crippen molar-refractivity contribution in [3.05, 3.63) is 47.7 Å². The first-order valence-electron chi connectivity index (χ1n) is 11.7. The fraction of sp³-hybridized carbons (Fsp3) is 0.458. The van der Waals surface area contributed by atoms with Crippen LogP contribution < -0.4 is 4.90 Å². The van der Waals surface area contributed by atoms with Gasteiger partial charge in [-0.3, -0.25) is 9.69 Å². The summed E-state index contributed by atoms with van der Waals surface area (Å²) in [5.74, 6) is 0.501. The Kier molecular flexibility index (Phi) is 6.35. The maximum atomic E-state index is 13.0. The third kappa shape index (κ3) is 4.82. The molecule has 2 N–H and O–H groups in total. The van der Waals surface area contributed by atoms with Crippen molar-refractivity contribution in [3.63, 3.8) is 0 Å². The number of nitrogens with zero attached hydrogens (tertiary/aromatic N) is 6. The molecule has 11 nitrogen and oxygen atoms in total. The monoisotopic (exact) mass is 479 g/mol. The van der Waals surface area contributed by atoms with E-state index >= 15 is 0 Å². The summed E-state index contributed by atoms with van der Waals surface area (Å²) in [6, 6.07) is 6.64. The maximum absolute atomic E-state index is 13.0. The molecule has 184 valence electrons. The van der Waals surface area contributed by atoms with Gasteiger partial charge in [0, 0.05) is 59.5 Å². The minimum absolute atomic E-state index is 0.0381. The first-order chi connectivity index (χ1) is 16.9. The fourth-order valence-corrected chi connectivity index (χ4v) is 4.57. The smallest absolute Gasteiger partial charge is 0.335 e. The number of carbonyl (C=O) groups excluding carboxylic acids is 1. The van der Waals surface area contributed by atoms with Crippen LogP contribution in [0, 0.1) is 0 Å². The van der Waals surface area contributed by atoms with Gasteiger partial charge in [0.1, 0.15) is 23.7 Å². The van der Waals surface area contributed by atoms with E-state index in [0.29, 0.717) is 30.1 Å². The first-order valence-corrected chi connectivity index (χ1v) is 11.7. The molecular weight excluding hydrogens is 450 g/mol. The molecule has 2 aliphatic rings. The van der Waals surface area contributed by atoms with Crippen LogP contribution in [-0.2, 0) is 4.74 Å². The first kappa shape index (κ1) is 23.2. The molecule has 0 saturated carbocycles. The summed E-state index contributed by atoms with van der Waals surface area (Å²) in [6.07, 6.45) is 2.46. The second-order valence-corrected chi connectivity index (χ2v) is 9.21. The van der Waals surface area contributed by atoms with Crippen LogP contribution in [0.1, 0.15) is 39.0 Å². The average Bonchev–Trinajstić information content (AvgIpc) is 3.26. The average molecular weight is 480 g/mol.